The highest BCUT2D eigenvalue weighted by Crippen LogP contribution is 2.22. The molecule has 1 aliphatic carbocycles. The van der Waals surface area contributed by atoms with Gasteiger partial charge >= 0.3 is 0 Å². The topological polar surface area (TPSA) is 15.7 Å². The minimum atomic E-state index is 0.651. The van der Waals surface area contributed by atoms with E-state index in [1.54, 1.807) is 7.11 Å². The van der Waals surface area contributed by atoms with E-state index >= 15 is 0 Å². The first-order valence-electron chi connectivity index (χ1n) is 7.82. The molecule has 0 saturated carbocycles. The number of ether oxygens (including phenoxy) is 1. The van der Waals surface area contributed by atoms with Gasteiger partial charge in [0.15, 0.2) is 0 Å². The average molecular weight is 266 g/mol. The summed E-state index contributed by atoms with van der Waals surface area (Å²) in [7, 11) is 1.79. The van der Waals surface area contributed by atoms with E-state index in [1.165, 1.54) is 38.9 Å². The maximum atomic E-state index is 5.23. The zero-order valence-corrected chi connectivity index (χ0v) is 12.8. The molecule has 0 bridgehead atoms. The number of allylic oxidation sites excluding steroid dienone is 2. The van der Waals surface area contributed by atoms with Crippen molar-refractivity contribution in [2.45, 2.75) is 45.2 Å². The van der Waals surface area contributed by atoms with E-state index in [1.807, 2.05) is 0 Å². The van der Waals surface area contributed by atoms with Crippen LogP contribution in [0.3, 0.4) is 0 Å². The standard InChI is InChI=1S/C16H30N2O/c1-14-11-17(13-16-7-5-4-6-8-16)12-15(2)18(14)9-10-19-3/h4-5,14-16H,6-13H2,1-3H3. The van der Waals surface area contributed by atoms with Crippen molar-refractivity contribution in [1.29, 1.82) is 0 Å². The summed E-state index contributed by atoms with van der Waals surface area (Å²) in [5, 5.41) is 0. The van der Waals surface area contributed by atoms with Crippen molar-refractivity contribution in [3.05, 3.63) is 12.2 Å². The lowest BCUT2D eigenvalue weighted by Crippen LogP contribution is -2.57. The molecule has 0 spiro atoms. The van der Waals surface area contributed by atoms with Crippen molar-refractivity contribution < 1.29 is 4.74 Å². The van der Waals surface area contributed by atoms with E-state index in [9.17, 15) is 0 Å². The van der Waals surface area contributed by atoms with E-state index in [0.29, 0.717) is 12.1 Å². The summed E-state index contributed by atoms with van der Waals surface area (Å²) in [4.78, 5) is 5.28. The van der Waals surface area contributed by atoms with Crippen LogP contribution in [-0.2, 0) is 4.74 Å². The zero-order chi connectivity index (χ0) is 13.7. The van der Waals surface area contributed by atoms with Gasteiger partial charge in [-0.25, -0.2) is 0 Å². The molecule has 3 unspecified atom stereocenters. The van der Waals surface area contributed by atoms with Crippen molar-refractivity contribution in [2.75, 3.05) is 39.9 Å². The Bertz CT molecular complexity index is 280. The minimum absolute atomic E-state index is 0.651. The molecule has 3 atom stereocenters. The Labute approximate surface area is 118 Å². The van der Waals surface area contributed by atoms with Crippen molar-refractivity contribution in [3.8, 4) is 0 Å². The number of hydrogen-bond acceptors (Lipinski definition) is 3. The van der Waals surface area contributed by atoms with Gasteiger partial charge in [0.05, 0.1) is 6.61 Å². The highest BCUT2D eigenvalue weighted by atomic mass is 16.5. The van der Waals surface area contributed by atoms with E-state index in [0.717, 1.165) is 19.1 Å². The maximum Gasteiger partial charge on any atom is 0.0589 e. The lowest BCUT2D eigenvalue weighted by molar-refractivity contribution is 0.0147. The molecule has 3 heteroatoms. The lowest BCUT2D eigenvalue weighted by atomic mass is 9.93. The van der Waals surface area contributed by atoms with Crippen LogP contribution in [0.1, 0.15) is 33.1 Å². The second-order valence-electron chi connectivity index (χ2n) is 6.30. The average Bonchev–Trinajstić information content (AvgIpc) is 2.39. The Hall–Kier alpha value is -0.380. The van der Waals surface area contributed by atoms with Crippen molar-refractivity contribution in [1.82, 2.24) is 9.80 Å². The molecule has 0 aromatic heterocycles. The highest BCUT2D eigenvalue weighted by molar-refractivity contribution is 4.92. The van der Waals surface area contributed by atoms with Crippen LogP contribution >= 0.6 is 0 Å². The monoisotopic (exact) mass is 266 g/mol. The largest absolute Gasteiger partial charge is 0.383 e. The number of methoxy groups -OCH3 is 1. The first-order chi connectivity index (χ1) is 9.20. The molecule has 1 saturated heterocycles. The Morgan fingerprint density at radius 1 is 1.16 bits per heavy atom. The van der Waals surface area contributed by atoms with Gasteiger partial charge in [0.2, 0.25) is 0 Å². The minimum Gasteiger partial charge on any atom is -0.383 e. The van der Waals surface area contributed by atoms with E-state index in [4.69, 9.17) is 4.74 Å². The predicted octanol–water partition coefficient (Wildman–Crippen LogP) is 2.38. The third kappa shape index (κ3) is 4.30. The molecule has 110 valence electrons. The van der Waals surface area contributed by atoms with Crippen LogP contribution in [0.5, 0.6) is 0 Å². The summed E-state index contributed by atoms with van der Waals surface area (Å²) in [6.07, 6.45) is 8.65. The van der Waals surface area contributed by atoms with E-state index in [2.05, 4.69) is 35.8 Å². The number of nitrogens with zero attached hydrogens (tertiary/aromatic N) is 2. The van der Waals surface area contributed by atoms with Crippen LogP contribution < -0.4 is 0 Å². The van der Waals surface area contributed by atoms with Crippen LogP contribution in [0, 0.1) is 5.92 Å². The Morgan fingerprint density at radius 2 is 1.89 bits per heavy atom. The number of rotatable bonds is 5. The molecule has 3 nitrogen and oxygen atoms in total. The molecular weight excluding hydrogens is 236 g/mol. The molecule has 19 heavy (non-hydrogen) atoms. The maximum absolute atomic E-state index is 5.23. The van der Waals surface area contributed by atoms with Gasteiger partial charge in [-0.15, -0.1) is 0 Å². The van der Waals surface area contributed by atoms with Gasteiger partial charge < -0.3 is 4.74 Å². The van der Waals surface area contributed by atoms with Crippen LogP contribution in [0.15, 0.2) is 12.2 Å². The summed E-state index contributed by atoms with van der Waals surface area (Å²) in [5.41, 5.74) is 0. The van der Waals surface area contributed by atoms with Crippen LogP contribution in [0.25, 0.3) is 0 Å². The Balaban J connectivity index is 1.81. The van der Waals surface area contributed by atoms with Gasteiger partial charge in [-0.3, -0.25) is 9.80 Å². The second-order valence-corrected chi connectivity index (χ2v) is 6.30. The van der Waals surface area contributed by atoms with Gasteiger partial charge in [-0.05, 0) is 39.0 Å². The Morgan fingerprint density at radius 3 is 2.47 bits per heavy atom. The fourth-order valence-corrected chi connectivity index (χ4v) is 3.64. The molecular formula is C16H30N2O. The van der Waals surface area contributed by atoms with E-state index in [-0.39, 0.29) is 0 Å². The second kappa shape index (κ2) is 7.41. The van der Waals surface area contributed by atoms with Gasteiger partial charge in [-0.2, -0.15) is 0 Å². The van der Waals surface area contributed by atoms with Crippen molar-refractivity contribution in [3.63, 3.8) is 0 Å². The predicted molar refractivity (Wildman–Crippen MR) is 80.4 cm³/mol. The first kappa shape index (κ1) is 15.0. The van der Waals surface area contributed by atoms with Gasteiger partial charge in [-0.1, -0.05) is 12.2 Å². The fraction of sp³-hybridized carbons (Fsp3) is 0.875. The third-order valence-corrected chi connectivity index (χ3v) is 4.62. The van der Waals surface area contributed by atoms with Crippen LogP contribution in [-0.4, -0.2) is 61.8 Å². The van der Waals surface area contributed by atoms with Gasteiger partial charge in [0, 0.05) is 45.4 Å². The smallest absolute Gasteiger partial charge is 0.0589 e. The summed E-state index contributed by atoms with van der Waals surface area (Å²) in [6.45, 7) is 10.4. The number of hydrogen-bond donors (Lipinski definition) is 0. The van der Waals surface area contributed by atoms with E-state index < -0.39 is 0 Å². The summed E-state index contributed by atoms with van der Waals surface area (Å²) in [5.74, 6) is 0.884. The molecule has 1 fully saturated rings. The fourth-order valence-electron chi connectivity index (χ4n) is 3.64. The highest BCUT2D eigenvalue weighted by Gasteiger charge is 2.29. The quantitative estimate of drug-likeness (QED) is 0.711. The van der Waals surface area contributed by atoms with Crippen LogP contribution in [0.2, 0.25) is 0 Å². The van der Waals surface area contributed by atoms with Gasteiger partial charge in [0.25, 0.3) is 0 Å². The zero-order valence-electron chi connectivity index (χ0n) is 12.8. The number of piperazine rings is 1. The van der Waals surface area contributed by atoms with Crippen LogP contribution in [0.4, 0.5) is 0 Å². The first-order valence-corrected chi connectivity index (χ1v) is 7.82. The molecule has 2 aliphatic rings. The summed E-state index contributed by atoms with van der Waals surface area (Å²) < 4.78 is 5.23. The molecule has 2 rings (SSSR count). The van der Waals surface area contributed by atoms with Crippen molar-refractivity contribution in [2.24, 2.45) is 5.92 Å². The molecule has 0 aromatic carbocycles. The third-order valence-electron chi connectivity index (χ3n) is 4.62. The lowest BCUT2D eigenvalue weighted by Gasteiger charge is -2.45. The normalized spacial score (nSPS) is 33.7. The Kier molecular flexibility index (Phi) is 5.86. The molecule has 0 N–H and O–H groups in total. The molecule has 0 radical (unpaired) electrons. The summed E-state index contributed by atoms with van der Waals surface area (Å²) in [6, 6.07) is 1.30. The molecule has 1 heterocycles. The molecule has 0 amide bonds. The van der Waals surface area contributed by atoms with Crippen molar-refractivity contribution >= 4 is 0 Å². The molecule has 1 aliphatic heterocycles. The summed E-state index contributed by atoms with van der Waals surface area (Å²) >= 11 is 0. The van der Waals surface area contributed by atoms with Gasteiger partial charge in [0.1, 0.15) is 0 Å². The SMILES string of the molecule is COCCN1C(C)CN(CC2CC=CCC2)CC1C. The molecule has 0 aromatic rings.